The number of ketones is 1. The standard InChI is InChI=1S/C18H17F2NO2/c19-14-7-5-13(6-8-14)11-12-21-18(23)10-9-17(22)15-3-1-2-4-16(15)20/h1-8H,9-12H2,(H,21,23). The van der Waals surface area contributed by atoms with Crippen molar-refractivity contribution in [2.45, 2.75) is 19.3 Å². The molecule has 23 heavy (non-hydrogen) atoms. The van der Waals surface area contributed by atoms with Crippen molar-refractivity contribution in [3.8, 4) is 0 Å². The molecular weight excluding hydrogens is 300 g/mol. The SMILES string of the molecule is O=C(CCC(=O)c1ccccc1F)NCCc1ccc(F)cc1. The quantitative estimate of drug-likeness (QED) is 0.797. The van der Waals surface area contributed by atoms with E-state index in [1.165, 1.54) is 30.3 Å². The van der Waals surface area contributed by atoms with E-state index in [-0.39, 0.29) is 30.1 Å². The van der Waals surface area contributed by atoms with Crippen LogP contribution < -0.4 is 5.32 Å². The summed E-state index contributed by atoms with van der Waals surface area (Å²) in [5, 5.41) is 2.69. The number of rotatable bonds is 7. The molecule has 3 nitrogen and oxygen atoms in total. The molecule has 2 aromatic rings. The first-order valence-electron chi connectivity index (χ1n) is 7.35. The molecule has 0 aliphatic heterocycles. The second-order valence-corrected chi connectivity index (χ2v) is 5.13. The molecule has 2 aromatic carbocycles. The topological polar surface area (TPSA) is 46.2 Å². The van der Waals surface area contributed by atoms with Gasteiger partial charge in [-0.3, -0.25) is 9.59 Å². The van der Waals surface area contributed by atoms with E-state index >= 15 is 0 Å². The minimum Gasteiger partial charge on any atom is -0.356 e. The van der Waals surface area contributed by atoms with Gasteiger partial charge in [0, 0.05) is 19.4 Å². The van der Waals surface area contributed by atoms with Crippen LogP contribution in [0.2, 0.25) is 0 Å². The molecule has 5 heteroatoms. The molecule has 0 fully saturated rings. The van der Waals surface area contributed by atoms with Gasteiger partial charge in [0.2, 0.25) is 5.91 Å². The number of hydrogen-bond acceptors (Lipinski definition) is 2. The van der Waals surface area contributed by atoms with Gasteiger partial charge in [0.05, 0.1) is 5.56 Å². The van der Waals surface area contributed by atoms with Gasteiger partial charge in [-0.1, -0.05) is 24.3 Å². The summed E-state index contributed by atoms with van der Waals surface area (Å²) in [6.07, 6.45) is 0.549. The zero-order chi connectivity index (χ0) is 16.7. The zero-order valence-corrected chi connectivity index (χ0v) is 12.5. The Morgan fingerprint density at radius 1 is 0.913 bits per heavy atom. The minimum absolute atomic E-state index is 0.00612. The Bertz CT molecular complexity index is 684. The summed E-state index contributed by atoms with van der Waals surface area (Å²) in [7, 11) is 0. The number of hydrogen-bond donors (Lipinski definition) is 1. The van der Waals surface area contributed by atoms with E-state index in [0.29, 0.717) is 13.0 Å². The van der Waals surface area contributed by atoms with Gasteiger partial charge >= 0.3 is 0 Å². The molecule has 0 saturated carbocycles. The van der Waals surface area contributed by atoms with E-state index < -0.39 is 11.6 Å². The molecule has 0 bridgehead atoms. The summed E-state index contributed by atoms with van der Waals surface area (Å²) in [4.78, 5) is 23.5. The first kappa shape index (κ1) is 16.8. The van der Waals surface area contributed by atoms with Gasteiger partial charge in [0.15, 0.2) is 5.78 Å². The lowest BCUT2D eigenvalue weighted by Crippen LogP contribution is -2.26. The van der Waals surface area contributed by atoms with E-state index in [2.05, 4.69) is 5.32 Å². The highest BCUT2D eigenvalue weighted by atomic mass is 19.1. The van der Waals surface area contributed by atoms with Crippen molar-refractivity contribution in [1.82, 2.24) is 5.32 Å². The van der Waals surface area contributed by atoms with Gasteiger partial charge in [0.1, 0.15) is 11.6 Å². The number of amides is 1. The predicted molar refractivity (Wildman–Crippen MR) is 83.1 cm³/mol. The number of carbonyl (C=O) groups excluding carboxylic acids is 2. The Morgan fingerprint density at radius 2 is 1.61 bits per heavy atom. The Hall–Kier alpha value is -2.56. The van der Waals surface area contributed by atoms with Crippen molar-refractivity contribution >= 4 is 11.7 Å². The zero-order valence-electron chi connectivity index (χ0n) is 12.5. The Balaban J connectivity index is 1.72. The van der Waals surface area contributed by atoms with Crippen LogP contribution in [0.3, 0.4) is 0 Å². The summed E-state index contributed by atoms with van der Waals surface area (Å²) in [6.45, 7) is 0.401. The Kier molecular flexibility index (Phi) is 5.97. The number of Topliss-reactive ketones (excluding diaryl/α,β-unsaturated/α-hetero) is 1. The Labute approximate surface area is 133 Å². The van der Waals surface area contributed by atoms with Gasteiger partial charge in [0.25, 0.3) is 0 Å². The third-order valence-electron chi connectivity index (χ3n) is 3.40. The molecule has 2 rings (SSSR count). The minimum atomic E-state index is -0.575. The van der Waals surface area contributed by atoms with Crippen LogP contribution in [0.15, 0.2) is 48.5 Å². The maximum Gasteiger partial charge on any atom is 0.220 e. The first-order valence-corrected chi connectivity index (χ1v) is 7.35. The largest absolute Gasteiger partial charge is 0.356 e. The lowest BCUT2D eigenvalue weighted by molar-refractivity contribution is -0.121. The van der Waals surface area contributed by atoms with Crippen molar-refractivity contribution in [2.75, 3.05) is 6.54 Å². The highest BCUT2D eigenvalue weighted by Crippen LogP contribution is 2.10. The highest BCUT2D eigenvalue weighted by molar-refractivity contribution is 5.98. The van der Waals surface area contributed by atoms with Crippen LogP contribution in [0.4, 0.5) is 8.78 Å². The van der Waals surface area contributed by atoms with Gasteiger partial charge in [-0.2, -0.15) is 0 Å². The average molecular weight is 317 g/mol. The van der Waals surface area contributed by atoms with Crippen LogP contribution in [-0.4, -0.2) is 18.2 Å². The normalized spacial score (nSPS) is 10.3. The van der Waals surface area contributed by atoms with E-state index in [9.17, 15) is 18.4 Å². The van der Waals surface area contributed by atoms with Gasteiger partial charge in [-0.25, -0.2) is 8.78 Å². The molecule has 1 amide bonds. The van der Waals surface area contributed by atoms with Crippen LogP contribution >= 0.6 is 0 Å². The van der Waals surface area contributed by atoms with Crippen molar-refractivity contribution in [3.05, 3.63) is 71.3 Å². The van der Waals surface area contributed by atoms with Crippen molar-refractivity contribution in [1.29, 1.82) is 0 Å². The van der Waals surface area contributed by atoms with Crippen LogP contribution in [0.25, 0.3) is 0 Å². The molecule has 0 unspecified atom stereocenters. The lowest BCUT2D eigenvalue weighted by atomic mass is 10.1. The van der Waals surface area contributed by atoms with Gasteiger partial charge in [-0.05, 0) is 36.2 Å². The fourth-order valence-electron chi connectivity index (χ4n) is 2.13. The van der Waals surface area contributed by atoms with Gasteiger partial charge in [-0.15, -0.1) is 0 Å². The smallest absolute Gasteiger partial charge is 0.220 e. The van der Waals surface area contributed by atoms with Crippen molar-refractivity contribution in [3.63, 3.8) is 0 Å². The molecule has 0 radical (unpaired) electrons. The predicted octanol–water partition coefficient (Wildman–Crippen LogP) is 3.29. The molecule has 0 atom stereocenters. The third-order valence-corrected chi connectivity index (χ3v) is 3.40. The van der Waals surface area contributed by atoms with Gasteiger partial charge < -0.3 is 5.32 Å². The molecule has 120 valence electrons. The maximum atomic E-state index is 13.4. The molecule has 0 heterocycles. The molecular formula is C18H17F2NO2. The number of carbonyl (C=O) groups is 2. The highest BCUT2D eigenvalue weighted by Gasteiger charge is 2.12. The number of halogens is 2. The summed E-state index contributed by atoms with van der Waals surface area (Å²) in [5.74, 6) is -1.53. The van der Waals surface area contributed by atoms with Crippen LogP contribution in [0, 0.1) is 11.6 Å². The molecule has 1 N–H and O–H groups in total. The number of benzene rings is 2. The molecule has 0 aromatic heterocycles. The fraction of sp³-hybridized carbons (Fsp3) is 0.222. The fourth-order valence-corrected chi connectivity index (χ4v) is 2.13. The Morgan fingerprint density at radius 3 is 2.30 bits per heavy atom. The molecule has 0 spiro atoms. The molecule has 0 aliphatic rings. The van der Waals surface area contributed by atoms with E-state index in [0.717, 1.165) is 5.56 Å². The second kappa shape index (κ2) is 8.17. The van der Waals surface area contributed by atoms with Crippen molar-refractivity contribution in [2.24, 2.45) is 0 Å². The van der Waals surface area contributed by atoms with E-state index in [1.807, 2.05) is 0 Å². The first-order chi connectivity index (χ1) is 11.1. The average Bonchev–Trinajstić information content (AvgIpc) is 2.55. The molecule has 0 aliphatic carbocycles. The van der Waals surface area contributed by atoms with Crippen LogP contribution in [0.5, 0.6) is 0 Å². The summed E-state index contributed by atoms with van der Waals surface area (Å²) < 4.78 is 26.2. The lowest BCUT2D eigenvalue weighted by Gasteiger charge is -2.06. The number of nitrogens with one attached hydrogen (secondary N) is 1. The van der Waals surface area contributed by atoms with Crippen molar-refractivity contribution < 1.29 is 18.4 Å². The monoisotopic (exact) mass is 317 g/mol. The maximum absolute atomic E-state index is 13.4. The third kappa shape index (κ3) is 5.29. The van der Waals surface area contributed by atoms with Crippen LogP contribution in [0.1, 0.15) is 28.8 Å². The summed E-state index contributed by atoms with van der Waals surface area (Å²) in [5.41, 5.74) is 0.917. The van der Waals surface area contributed by atoms with Crippen LogP contribution in [-0.2, 0) is 11.2 Å². The second-order valence-electron chi connectivity index (χ2n) is 5.13. The molecule has 0 saturated heterocycles. The van der Waals surface area contributed by atoms with E-state index in [1.54, 1.807) is 18.2 Å². The van der Waals surface area contributed by atoms with E-state index in [4.69, 9.17) is 0 Å². The summed E-state index contributed by atoms with van der Waals surface area (Å²) in [6, 6.07) is 11.8. The summed E-state index contributed by atoms with van der Waals surface area (Å²) >= 11 is 0.